The van der Waals surface area contributed by atoms with Crippen LogP contribution in [-0.4, -0.2) is 49.2 Å². The van der Waals surface area contributed by atoms with Gasteiger partial charge in [0.05, 0.1) is 19.2 Å². The molecule has 2 amide bonds. The first-order valence-electron chi connectivity index (χ1n) is 5.47. The molecule has 16 heavy (non-hydrogen) atoms. The average molecular weight is 229 g/mol. The molecule has 1 rings (SSSR count). The van der Waals surface area contributed by atoms with Crippen molar-refractivity contribution in [3.63, 3.8) is 0 Å². The third-order valence-electron chi connectivity index (χ3n) is 2.76. The molecule has 0 aromatic heterocycles. The van der Waals surface area contributed by atoms with Crippen molar-refractivity contribution in [3.05, 3.63) is 0 Å². The Morgan fingerprint density at radius 3 is 2.88 bits per heavy atom. The standard InChI is InChI=1S/C10H19N3O3/c1-3-8(11)9(14)13-5-4-7(6-13)12-10(15)16-2/h7-8H,3-6,11H2,1-2H3,(H,12,15)/t7?,8-/m0/s1. The smallest absolute Gasteiger partial charge is 0.407 e. The van der Waals surface area contributed by atoms with E-state index in [4.69, 9.17) is 5.73 Å². The Kier molecular flexibility index (Phi) is 4.54. The molecule has 6 nitrogen and oxygen atoms in total. The van der Waals surface area contributed by atoms with E-state index in [9.17, 15) is 9.59 Å². The molecule has 1 unspecified atom stereocenters. The summed E-state index contributed by atoms with van der Waals surface area (Å²) in [6, 6.07) is -0.461. The summed E-state index contributed by atoms with van der Waals surface area (Å²) in [5.74, 6) is -0.0448. The molecule has 1 saturated heterocycles. The van der Waals surface area contributed by atoms with Crippen LogP contribution >= 0.6 is 0 Å². The third-order valence-corrected chi connectivity index (χ3v) is 2.76. The molecule has 1 fully saturated rings. The van der Waals surface area contributed by atoms with Gasteiger partial charge in [0.25, 0.3) is 0 Å². The predicted molar refractivity (Wildman–Crippen MR) is 58.8 cm³/mol. The Hall–Kier alpha value is -1.30. The van der Waals surface area contributed by atoms with Crippen molar-refractivity contribution < 1.29 is 14.3 Å². The van der Waals surface area contributed by atoms with Gasteiger partial charge in [-0.25, -0.2) is 4.79 Å². The van der Waals surface area contributed by atoms with Crippen LogP contribution in [0, 0.1) is 0 Å². The zero-order valence-corrected chi connectivity index (χ0v) is 9.73. The molecular weight excluding hydrogens is 210 g/mol. The Bertz CT molecular complexity index is 270. The topological polar surface area (TPSA) is 84.7 Å². The minimum absolute atomic E-state index is 0.0274. The second kappa shape index (κ2) is 5.69. The molecule has 0 radical (unpaired) electrons. The number of hydrogen-bond donors (Lipinski definition) is 2. The van der Waals surface area contributed by atoms with E-state index in [1.54, 1.807) is 4.90 Å². The highest BCUT2D eigenvalue weighted by atomic mass is 16.5. The number of carbonyl (C=O) groups is 2. The summed E-state index contributed by atoms with van der Waals surface area (Å²) in [5.41, 5.74) is 5.67. The van der Waals surface area contributed by atoms with E-state index in [0.29, 0.717) is 19.5 Å². The van der Waals surface area contributed by atoms with Gasteiger partial charge in [-0.1, -0.05) is 6.92 Å². The van der Waals surface area contributed by atoms with Crippen molar-refractivity contribution in [2.24, 2.45) is 5.73 Å². The molecule has 0 aliphatic carbocycles. The molecule has 1 aliphatic rings. The lowest BCUT2D eigenvalue weighted by molar-refractivity contribution is -0.131. The summed E-state index contributed by atoms with van der Waals surface area (Å²) in [7, 11) is 1.32. The molecule has 0 aromatic carbocycles. The summed E-state index contributed by atoms with van der Waals surface area (Å²) >= 11 is 0. The Balaban J connectivity index is 2.40. The van der Waals surface area contributed by atoms with E-state index < -0.39 is 12.1 Å². The van der Waals surface area contributed by atoms with Gasteiger partial charge in [0, 0.05) is 13.1 Å². The lowest BCUT2D eigenvalue weighted by Crippen LogP contribution is -2.44. The average Bonchev–Trinajstić information content (AvgIpc) is 2.75. The highest BCUT2D eigenvalue weighted by molar-refractivity contribution is 5.82. The van der Waals surface area contributed by atoms with E-state index in [1.807, 2.05) is 6.92 Å². The maximum atomic E-state index is 11.7. The molecule has 92 valence electrons. The van der Waals surface area contributed by atoms with E-state index in [0.717, 1.165) is 6.42 Å². The largest absolute Gasteiger partial charge is 0.453 e. The number of ether oxygens (including phenoxy) is 1. The molecule has 6 heteroatoms. The Morgan fingerprint density at radius 1 is 1.62 bits per heavy atom. The van der Waals surface area contributed by atoms with Crippen molar-refractivity contribution in [2.75, 3.05) is 20.2 Å². The fourth-order valence-corrected chi connectivity index (χ4v) is 1.71. The maximum Gasteiger partial charge on any atom is 0.407 e. The van der Waals surface area contributed by atoms with Crippen LogP contribution in [-0.2, 0) is 9.53 Å². The molecule has 0 spiro atoms. The van der Waals surface area contributed by atoms with Crippen LogP contribution in [0.3, 0.4) is 0 Å². The first kappa shape index (κ1) is 12.8. The second-order valence-corrected chi connectivity index (χ2v) is 3.92. The Morgan fingerprint density at radius 2 is 2.31 bits per heavy atom. The number of rotatable bonds is 3. The van der Waals surface area contributed by atoms with Crippen molar-refractivity contribution in [1.82, 2.24) is 10.2 Å². The van der Waals surface area contributed by atoms with E-state index in [1.165, 1.54) is 7.11 Å². The minimum atomic E-state index is -0.459. The lowest BCUT2D eigenvalue weighted by Gasteiger charge is -2.20. The van der Waals surface area contributed by atoms with Crippen molar-refractivity contribution >= 4 is 12.0 Å². The van der Waals surface area contributed by atoms with Gasteiger partial charge in [-0.2, -0.15) is 0 Å². The van der Waals surface area contributed by atoms with Crippen LogP contribution in [0.5, 0.6) is 0 Å². The highest BCUT2D eigenvalue weighted by Crippen LogP contribution is 2.11. The molecule has 0 saturated carbocycles. The first-order chi connectivity index (χ1) is 7.58. The van der Waals surface area contributed by atoms with Crippen LogP contribution in [0.1, 0.15) is 19.8 Å². The molecule has 1 heterocycles. The van der Waals surface area contributed by atoms with E-state index >= 15 is 0 Å². The number of amides is 2. The third kappa shape index (κ3) is 3.10. The van der Waals surface area contributed by atoms with Crippen LogP contribution < -0.4 is 11.1 Å². The zero-order valence-electron chi connectivity index (χ0n) is 9.73. The number of nitrogens with two attached hydrogens (primary N) is 1. The van der Waals surface area contributed by atoms with Crippen LogP contribution in [0.25, 0.3) is 0 Å². The van der Waals surface area contributed by atoms with Crippen molar-refractivity contribution in [1.29, 1.82) is 0 Å². The lowest BCUT2D eigenvalue weighted by atomic mass is 10.2. The number of nitrogens with one attached hydrogen (secondary N) is 1. The van der Waals surface area contributed by atoms with Gasteiger partial charge in [0.15, 0.2) is 0 Å². The predicted octanol–water partition coefficient (Wildman–Crippen LogP) is -0.319. The fraction of sp³-hybridized carbons (Fsp3) is 0.800. The summed E-state index contributed by atoms with van der Waals surface area (Å²) < 4.78 is 4.50. The van der Waals surface area contributed by atoms with Gasteiger partial charge in [-0.05, 0) is 12.8 Å². The maximum absolute atomic E-state index is 11.7. The SMILES string of the molecule is CC[C@H](N)C(=O)N1CCC(NC(=O)OC)C1. The highest BCUT2D eigenvalue weighted by Gasteiger charge is 2.29. The number of carbonyl (C=O) groups excluding carboxylic acids is 2. The Labute approximate surface area is 95.1 Å². The number of likely N-dealkylation sites (tertiary alicyclic amines) is 1. The molecule has 2 atom stereocenters. The molecule has 0 aromatic rings. The van der Waals surface area contributed by atoms with Gasteiger partial charge in [-0.3, -0.25) is 4.79 Å². The van der Waals surface area contributed by atoms with Gasteiger partial charge in [0.2, 0.25) is 5.91 Å². The van der Waals surface area contributed by atoms with Gasteiger partial charge in [-0.15, -0.1) is 0 Å². The minimum Gasteiger partial charge on any atom is -0.453 e. The number of alkyl carbamates (subject to hydrolysis) is 1. The molecule has 3 N–H and O–H groups in total. The summed E-state index contributed by atoms with van der Waals surface area (Å²) in [6.07, 6.45) is 0.918. The zero-order chi connectivity index (χ0) is 12.1. The number of methoxy groups -OCH3 is 1. The van der Waals surface area contributed by atoms with Gasteiger partial charge < -0.3 is 20.7 Å². The van der Waals surface area contributed by atoms with E-state index in [2.05, 4.69) is 10.1 Å². The number of nitrogens with zero attached hydrogens (tertiary/aromatic N) is 1. The van der Waals surface area contributed by atoms with Crippen LogP contribution in [0.2, 0.25) is 0 Å². The fourth-order valence-electron chi connectivity index (χ4n) is 1.71. The quantitative estimate of drug-likeness (QED) is 0.694. The van der Waals surface area contributed by atoms with Gasteiger partial charge in [0.1, 0.15) is 0 Å². The normalized spacial score (nSPS) is 21.7. The monoisotopic (exact) mass is 229 g/mol. The van der Waals surface area contributed by atoms with Gasteiger partial charge >= 0.3 is 6.09 Å². The summed E-state index contributed by atoms with van der Waals surface area (Å²) in [6.45, 7) is 3.03. The molecule has 1 aliphatic heterocycles. The molecule has 0 bridgehead atoms. The van der Waals surface area contributed by atoms with Crippen molar-refractivity contribution in [3.8, 4) is 0 Å². The summed E-state index contributed by atoms with van der Waals surface area (Å²) in [4.78, 5) is 24.4. The molecular formula is C10H19N3O3. The van der Waals surface area contributed by atoms with E-state index in [-0.39, 0.29) is 11.9 Å². The second-order valence-electron chi connectivity index (χ2n) is 3.92. The number of hydrogen-bond acceptors (Lipinski definition) is 4. The van der Waals surface area contributed by atoms with Crippen molar-refractivity contribution in [2.45, 2.75) is 31.8 Å². The first-order valence-corrected chi connectivity index (χ1v) is 5.47. The summed E-state index contributed by atoms with van der Waals surface area (Å²) in [5, 5.41) is 2.67. The van der Waals surface area contributed by atoms with Crippen LogP contribution in [0.4, 0.5) is 4.79 Å². The van der Waals surface area contributed by atoms with Crippen LogP contribution in [0.15, 0.2) is 0 Å².